The van der Waals surface area contributed by atoms with Gasteiger partial charge in [-0.1, -0.05) is 17.7 Å². The molecule has 0 bridgehead atoms. The Hall–Kier alpha value is -1.61. The number of hydrogen-bond donors (Lipinski definition) is 2. The van der Waals surface area contributed by atoms with E-state index in [9.17, 15) is 0 Å². The molecule has 0 radical (unpaired) electrons. The van der Waals surface area contributed by atoms with Crippen LogP contribution >= 0.6 is 24.0 Å². The van der Waals surface area contributed by atoms with E-state index in [1.54, 1.807) is 13.3 Å². The van der Waals surface area contributed by atoms with E-state index in [1.807, 2.05) is 12.1 Å². The van der Waals surface area contributed by atoms with Crippen LogP contribution in [0.25, 0.3) is 11.5 Å². The van der Waals surface area contributed by atoms with Gasteiger partial charge in [0.15, 0.2) is 5.96 Å². The van der Waals surface area contributed by atoms with Crippen molar-refractivity contribution in [2.24, 2.45) is 4.99 Å². The number of ether oxygens (including phenoxy) is 1. The molecule has 1 aliphatic rings. The number of guanidine groups is 1. The van der Waals surface area contributed by atoms with E-state index in [4.69, 9.17) is 9.15 Å². The maximum atomic E-state index is 5.79. The fourth-order valence-electron chi connectivity index (χ4n) is 2.86. The number of hydrogen-bond acceptors (Lipinski definition) is 4. The molecule has 6 nitrogen and oxygen atoms in total. The lowest BCUT2D eigenvalue weighted by Gasteiger charge is -2.24. The van der Waals surface area contributed by atoms with Crippen molar-refractivity contribution in [1.29, 1.82) is 0 Å². The predicted molar refractivity (Wildman–Crippen MR) is 114 cm³/mol. The summed E-state index contributed by atoms with van der Waals surface area (Å²) in [6.45, 7) is 6.31. The number of benzene rings is 1. The summed E-state index contributed by atoms with van der Waals surface area (Å²) in [7, 11) is 1.76. The van der Waals surface area contributed by atoms with Crippen LogP contribution in [0.5, 0.6) is 0 Å². The molecule has 0 aliphatic carbocycles. The zero-order valence-electron chi connectivity index (χ0n) is 15.5. The van der Waals surface area contributed by atoms with Crippen LogP contribution in [0.4, 0.5) is 0 Å². The van der Waals surface area contributed by atoms with Gasteiger partial charge >= 0.3 is 0 Å². The lowest BCUT2D eigenvalue weighted by Crippen LogP contribution is -2.45. The molecule has 1 unspecified atom stereocenters. The van der Waals surface area contributed by atoms with Crippen LogP contribution in [-0.4, -0.2) is 36.7 Å². The highest BCUT2D eigenvalue weighted by atomic mass is 127. The van der Waals surface area contributed by atoms with E-state index in [1.165, 1.54) is 5.56 Å². The van der Waals surface area contributed by atoms with Crippen LogP contribution in [-0.2, 0) is 11.3 Å². The summed E-state index contributed by atoms with van der Waals surface area (Å²) < 4.78 is 11.4. The summed E-state index contributed by atoms with van der Waals surface area (Å²) in [5.41, 5.74) is 2.92. The van der Waals surface area contributed by atoms with Gasteiger partial charge in [0.2, 0.25) is 5.89 Å². The Morgan fingerprint density at radius 2 is 2.04 bits per heavy atom. The van der Waals surface area contributed by atoms with Crippen LogP contribution in [0.3, 0.4) is 0 Å². The molecular weight excluding hydrogens is 443 g/mol. The Labute approximate surface area is 171 Å². The fourth-order valence-corrected chi connectivity index (χ4v) is 2.86. The molecule has 2 heterocycles. The molecule has 1 aromatic heterocycles. The van der Waals surface area contributed by atoms with Gasteiger partial charge in [0, 0.05) is 25.8 Å². The molecular formula is C19H27IN4O2. The third-order valence-corrected chi connectivity index (χ3v) is 4.44. The summed E-state index contributed by atoms with van der Waals surface area (Å²) in [5.74, 6) is 1.36. The van der Waals surface area contributed by atoms with E-state index >= 15 is 0 Å². The van der Waals surface area contributed by atoms with Crippen LogP contribution in [0, 0.1) is 6.92 Å². The molecule has 1 fully saturated rings. The van der Waals surface area contributed by atoms with Gasteiger partial charge in [-0.25, -0.2) is 4.98 Å². The maximum Gasteiger partial charge on any atom is 0.226 e. The lowest BCUT2D eigenvalue weighted by atomic mass is 10.0. The molecule has 142 valence electrons. The highest BCUT2D eigenvalue weighted by Gasteiger charge is 2.29. The van der Waals surface area contributed by atoms with Crippen molar-refractivity contribution < 1.29 is 9.15 Å². The van der Waals surface area contributed by atoms with Crippen LogP contribution in [0.2, 0.25) is 0 Å². The first-order chi connectivity index (χ1) is 12.1. The fraction of sp³-hybridized carbons (Fsp3) is 0.474. The SMILES string of the molecule is CN=C(NCc1coc(-c2ccc(C)cc2)n1)NCC1(C)CCCO1.I. The van der Waals surface area contributed by atoms with Gasteiger partial charge in [0.1, 0.15) is 6.26 Å². The van der Waals surface area contributed by atoms with Gasteiger partial charge in [-0.2, -0.15) is 0 Å². The van der Waals surface area contributed by atoms with E-state index in [0.29, 0.717) is 12.4 Å². The van der Waals surface area contributed by atoms with Crippen LogP contribution in [0.1, 0.15) is 31.0 Å². The number of aromatic nitrogens is 1. The highest BCUT2D eigenvalue weighted by molar-refractivity contribution is 14.0. The Kier molecular flexibility index (Phi) is 7.45. The van der Waals surface area contributed by atoms with Gasteiger partial charge in [-0.15, -0.1) is 24.0 Å². The second-order valence-electron chi connectivity index (χ2n) is 6.69. The van der Waals surface area contributed by atoms with E-state index < -0.39 is 0 Å². The van der Waals surface area contributed by atoms with E-state index in [-0.39, 0.29) is 29.6 Å². The van der Waals surface area contributed by atoms with Gasteiger partial charge < -0.3 is 19.8 Å². The minimum atomic E-state index is -0.107. The average molecular weight is 470 g/mol. The van der Waals surface area contributed by atoms with Crippen molar-refractivity contribution in [2.45, 2.75) is 38.8 Å². The number of aliphatic imine (C=N–C) groups is 1. The molecule has 1 atom stereocenters. The zero-order valence-corrected chi connectivity index (χ0v) is 17.9. The first-order valence-corrected chi connectivity index (χ1v) is 8.68. The second kappa shape index (κ2) is 9.36. The molecule has 1 saturated heterocycles. The first-order valence-electron chi connectivity index (χ1n) is 8.68. The van der Waals surface area contributed by atoms with Gasteiger partial charge in [0.25, 0.3) is 0 Å². The van der Waals surface area contributed by atoms with E-state index in [2.05, 4.69) is 46.6 Å². The standard InChI is InChI=1S/C19H26N4O2.HI/c1-14-5-7-15(8-6-14)17-23-16(12-24-17)11-21-18(20-3)22-13-19(2)9-4-10-25-19;/h5-8,12H,4,9-11,13H2,1-3H3,(H2,20,21,22);1H. The monoisotopic (exact) mass is 470 g/mol. The summed E-state index contributed by atoms with van der Waals surface area (Å²) in [6, 6.07) is 8.13. The van der Waals surface area contributed by atoms with Crippen LogP contribution in [0.15, 0.2) is 39.9 Å². The van der Waals surface area contributed by atoms with Gasteiger partial charge in [-0.05, 0) is 38.8 Å². The van der Waals surface area contributed by atoms with Gasteiger partial charge in [-0.3, -0.25) is 4.99 Å². The number of rotatable bonds is 5. The number of aryl methyl sites for hydroxylation is 1. The number of nitrogens with zero attached hydrogens (tertiary/aromatic N) is 2. The number of halogens is 1. The molecule has 2 N–H and O–H groups in total. The van der Waals surface area contributed by atoms with Crippen molar-refractivity contribution in [3.05, 3.63) is 41.8 Å². The van der Waals surface area contributed by atoms with Crippen molar-refractivity contribution >= 4 is 29.9 Å². The third-order valence-electron chi connectivity index (χ3n) is 4.44. The van der Waals surface area contributed by atoms with Gasteiger partial charge in [0.05, 0.1) is 17.8 Å². The molecule has 26 heavy (non-hydrogen) atoms. The molecule has 0 amide bonds. The van der Waals surface area contributed by atoms with Crippen LogP contribution < -0.4 is 10.6 Å². The normalized spacial score (nSPS) is 19.9. The maximum absolute atomic E-state index is 5.79. The molecule has 1 aliphatic heterocycles. The third kappa shape index (κ3) is 5.44. The Morgan fingerprint density at radius 3 is 2.69 bits per heavy atom. The molecule has 0 spiro atoms. The zero-order chi connectivity index (χ0) is 17.7. The lowest BCUT2D eigenvalue weighted by molar-refractivity contribution is 0.0243. The topological polar surface area (TPSA) is 71.7 Å². The summed E-state index contributed by atoms with van der Waals surface area (Å²) in [6.07, 6.45) is 3.86. The molecule has 3 rings (SSSR count). The Morgan fingerprint density at radius 1 is 1.27 bits per heavy atom. The average Bonchev–Trinajstić information content (AvgIpc) is 3.25. The molecule has 1 aromatic carbocycles. The van der Waals surface area contributed by atoms with Crippen molar-refractivity contribution in [3.63, 3.8) is 0 Å². The minimum absolute atomic E-state index is 0. The molecule has 7 heteroatoms. The molecule has 0 saturated carbocycles. The predicted octanol–water partition coefficient (Wildman–Crippen LogP) is 3.50. The second-order valence-corrected chi connectivity index (χ2v) is 6.69. The summed E-state index contributed by atoms with van der Waals surface area (Å²) >= 11 is 0. The highest BCUT2D eigenvalue weighted by Crippen LogP contribution is 2.23. The summed E-state index contributed by atoms with van der Waals surface area (Å²) in [5, 5.41) is 6.58. The Bertz CT molecular complexity index is 721. The smallest absolute Gasteiger partial charge is 0.226 e. The minimum Gasteiger partial charge on any atom is -0.444 e. The largest absolute Gasteiger partial charge is 0.444 e. The van der Waals surface area contributed by atoms with Crippen molar-refractivity contribution in [1.82, 2.24) is 15.6 Å². The van der Waals surface area contributed by atoms with Crippen molar-refractivity contribution in [2.75, 3.05) is 20.2 Å². The Balaban J connectivity index is 0.00000243. The van der Waals surface area contributed by atoms with E-state index in [0.717, 1.165) is 43.2 Å². The number of oxazole rings is 1. The number of nitrogens with one attached hydrogen (secondary N) is 2. The quantitative estimate of drug-likeness (QED) is 0.398. The van der Waals surface area contributed by atoms with Crippen molar-refractivity contribution in [3.8, 4) is 11.5 Å². The first kappa shape index (κ1) is 20.7. The summed E-state index contributed by atoms with van der Waals surface area (Å²) in [4.78, 5) is 8.78. The molecule has 2 aromatic rings.